The maximum atomic E-state index is 12.8. The Kier molecular flexibility index (Phi) is 7.42. The Bertz CT molecular complexity index is 1320. The van der Waals surface area contributed by atoms with Crippen molar-refractivity contribution in [1.82, 2.24) is 9.47 Å². The summed E-state index contributed by atoms with van der Waals surface area (Å²) in [4.78, 5) is 15.0. The van der Waals surface area contributed by atoms with Crippen molar-refractivity contribution in [3.8, 4) is 5.75 Å². The zero-order valence-electron chi connectivity index (χ0n) is 21.2. The molecule has 0 atom stereocenters. The van der Waals surface area contributed by atoms with Crippen molar-refractivity contribution in [2.24, 2.45) is 0 Å². The van der Waals surface area contributed by atoms with Crippen molar-refractivity contribution >= 4 is 33.9 Å². The molecule has 2 N–H and O–H groups in total. The van der Waals surface area contributed by atoms with Crippen molar-refractivity contribution < 1.29 is 9.53 Å². The van der Waals surface area contributed by atoms with Gasteiger partial charge < -0.3 is 24.8 Å². The molecule has 1 aromatic heterocycles. The predicted molar refractivity (Wildman–Crippen MR) is 145 cm³/mol. The number of amides is 1. The Morgan fingerprint density at radius 2 is 1.66 bits per heavy atom. The summed E-state index contributed by atoms with van der Waals surface area (Å²) in [6.45, 7) is 6.46. The van der Waals surface area contributed by atoms with Gasteiger partial charge in [-0.2, -0.15) is 0 Å². The summed E-state index contributed by atoms with van der Waals surface area (Å²) in [6, 6.07) is 21.3. The van der Waals surface area contributed by atoms with Gasteiger partial charge in [0, 0.05) is 45.8 Å². The molecule has 35 heavy (non-hydrogen) atoms. The number of nitrogens with zero attached hydrogens (tertiary/aromatic N) is 2. The number of fused-ring (bicyclic) bond motifs is 1. The fourth-order valence-electron chi connectivity index (χ4n) is 4.34. The predicted octanol–water partition coefficient (Wildman–Crippen LogP) is 6.21. The van der Waals surface area contributed by atoms with Gasteiger partial charge in [0.2, 0.25) is 0 Å². The van der Waals surface area contributed by atoms with Gasteiger partial charge in [-0.1, -0.05) is 6.07 Å². The molecule has 0 unspecified atom stereocenters. The van der Waals surface area contributed by atoms with Gasteiger partial charge in [-0.15, -0.1) is 0 Å². The largest absolute Gasteiger partial charge is 0.497 e. The monoisotopic (exact) mass is 470 g/mol. The first-order valence-electron chi connectivity index (χ1n) is 11.9. The van der Waals surface area contributed by atoms with Crippen LogP contribution in [0.2, 0.25) is 0 Å². The minimum absolute atomic E-state index is 0.157. The SMILES string of the molecule is COc1ccc(NC(=O)c2cccc(Nc3ccc4c(c3)c(C)c(C)n4CCCN(C)C)c2)cc1. The smallest absolute Gasteiger partial charge is 0.255 e. The van der Waals surface area contributed by atoms with Crippen LogP contribution in [0.15, 0.2) is 66.7 Å². The molecular weight excluding hydrogens is 436 g/mol. The number of methoxy groups -OCH3 is 1. The summed E-state index contributed by atoms with van der Waals surface area (Å²) in [5.74, 6) is 0.594. The van der Waals surface area contributed by atoms with Gasteiger partial charge in [0.1, 0.15) is 5.75 Å². The average molecular weight is 471 g/mol. The second-order valence-corrected chi connectivity index (χ2v) is 9.14. The van der Waals surface area contributed by atoms with E-state index < -0.39 is 0 Å². The van der Waals surface area contributed by atoms with Gasteiger partial charge in [-0.05, 0) is 107 Å². The van der Waals surface area contributed by atoms with E-state index in [1.165, 1.54) is 22.2 Å². The zero-order valence-corrected chi connectivity index (χ0v) is 21.2. The third-order valence-electron chi connectivity index (χ3n) is 6.39. The second-order valence-electron chi connectivity index (χ2n) is 9.14. The third kappa shape index (κ3) is 5.66. The van der Waals surface area contributed by atoms with Gasteiger partial charge in [-0.3, -0.25) is 4.79 Å². The highest BCUT2D eigenvalue weighted by molar-refractivity contribution is 6.05. The number of aryl methyl sites for hydroxylation is 2. The lowest BCUT2D eigenvalue weighted by molar-refractivity contribution is 0.102. The molecule has 1 amide bonds. The molecule has 0 radical (unpaired) electrons. The van der Waals surface area contributed by atoms with Crippen molar-refractivity contribution in [2.45, 2.75) is 26.8 Å². The lowest BCUT2D eigenvalue weighted by atomic mass is 10.1. The number of carbonyl (C=O) groups excluding carboxylic acids is 1. The fraction of sp³-hybridized carbons (Fsp3) is 0.276. The molecule has 4 rings (SSSR count). The Balaban J connectivity index is 1.50. The van der Waals surface area contributed by atoms with Crippen molar-refractivity contribution in [3.05, 3.63) is 83.6 Å². The maximum absolute atomic E-state index is 12.8. The number of anilines is 3. The molecule has 0 saturated heterocycles. The molecule has 0 saturated carbocycles. The normalized spacial score (nSPS) is 11.1. The van der Waals surface area contributed by atoms with Crippen molar-refractivity contribution in [2.75, 3.05) is 38.4 Å². The topological polar surface area (TPSA) is 58.5 Å². The molecule has 182 valence electrons. The van der Waals surface area contributed by atoms with Gasteiger partial charge in [0.15, 0.2) is 0 Å². The lowest BCUT2D eigenvalue weighted by Gasteiger charge is -2.13. The van der Waals surface area contributed by atoms with Crippen LogP contribution in [0.25, 0.3) is 10.9 Å². The van der Waals surface area contributed by atoms with Crippen LogP contribution < -0.4 is 15.4 Å². The molecular formula is C29H34N4O2. The number of benzene rings is 3. The molecule has 0 aliphatic rings. The molecule has 1 heterocycles. The molecule has 0 aliphatic heterocycles. The summed E-state index contributed by atoms with van der Waals surface area (Å²) in [6.07, 6.45) is 1.11. The van der Waals surface area contributed by atoms with Crippen molar-refractivity contribution in [3.63, 3.8) is 0 Å². The van der Waals surface area contributed by atoms with Gasteiger partial charge in [-0.25, -0.2) is 0 Å². The molecule has 0 bridgehead atoms. The summed E-state index contributed by atoms with van der Waals surface area (Å²) >= 11 is 0. The number of nitrogens with one attached hydrogen (secondary N) is 2. The minimum Gasteiger partial charge on any atom is -0.497 e. The number of carbonyl (C=O) groups is 1. The van der Waals surface area contributed by atoms with Crippen LogP contribution in [0.3, 0.4) is 0 Å². The number of rotatable bonds is 9. The van der Waals surface area contributed by atoms with Crippen LogP contribution in [0.1, 0.15) is 28.0 Å². The van der Waals surface area contributed by atoms with E-state index >= 15 is 0 Å². The number of hydrogen-bond donors (Lipinski definition) is 2. The van der Waals surface area contributed by atoms with Gasteiger partial charge in [0.25, 0.3) is 5.91 Å². The molecule has 0 fully saturated rings. The first kappa shape index (κ1) is 24.4. The Morgan fingerprint density at radius 3 is 2.37 bits per heavy atom. The van der Waals surface area contributed by atoms with Crippen LogP contribution >= 0.6 is 0 Å². The van der Waals surface area contributed by atoms with E-state index in [1.807, 2.05) is 48.5 Å². The highest BCUT2D eigenvalue weighted by Crippen LogP contribution is 2.30. The molecule has 6 nitrogen and oxygen atoms in total. The number of aromatic nitrogens is 1. The van der Waals surface area contributed by atoms with Gasteiger partial charge in [0.05, 0.1) is 7.11 Å². The summed E-state index contributed by atoms with van der Waals surface area (Å²) < 4.78 is 7.59. The molecule has 6 heteroatoms. The highest BCUT2D eigenvalue weighted by Gasteiger charge is 2.12. The van der Waals surface area contributed by atoms with Crippen LogP contribution in [-0.4, -0.2) is 43.1 Å². The zero-order chi connectivity index (χ0) is 24.9. The Hall–Kier alpha value is -3.77. The van der Waals surface area contributed by atoms with Crippen LogP contribution in [0, 0.1) is 13.8 Å². The standard InChI is InChI=1S/C29H34N4O2/c1-20-21(2)33(17-7-16-32(3)4)28-15-12-25(19-27(20)28)30-24-9-6-8-22(18-24)29(34)31-23-10-13-26(35-5)14-11-23/h6,8-15,18-19,30H,7,16-17H2,1-5H3,(H,31,34). The minimum atomic E-state index is -0.157. The van der Waals surface area contributed by atoms with E-state index in [-0.39, 0.29) is 5.91 Å². The third-order valence-corrected chi connectivity index (χ3v) is 6.39. The van der Waals surface area contributed by atoms with Crippen LogP contribution in [0.4, 0.5) is 17.1 Å². The van der Waals surface area contributed by atoms with E-state index in [0.717, 1.165) is 42.3 Å². The first-order valence-corrected chi connectivity index (χ1v) is 11.9. The number of hydrogen-bond acceptors (Lipinski definition) is 4. The summed E-state index contributed by atoms with van der Waals surface area (Å²) in [5.41, 5.74) is 7.06. The quantitative estimate of drug-likeness (QED) is 0.305. The van der Waals surface area contributed by atoms with E-state index in [4.69, 9.17) is 4.74 Å². The molecule has 0 aliphatic carbocycles. The lowest BCUT2D eigenvalue weighted by Crippen LogP contribution is -2.15. The highest BCUT2D eigenvalue weighted by atomic mass is 16.5. The Labute approximate surface area is 207 Å². The molecule has 0 spiro atoms. The van der Waals surface area contributed by atoms with Crippen LogP contribution in [0.5, 0.6) is 5.75 Å². The summed E-state index contributed by atoms with van der Waals surface area (Å²) in [7, 11) is 5.84. The molecule has 4 aromatic rings. The summed E-state index contributed by atoms with van der Waals surface area (Å²) in [5, 5.41) is 7.66. The fourth-order valence-corrected chi connectivity index (χ4v) is 4.34. The van der Waals surface area contributed by atoms with E-state index in [9.17, 15) is 4.79 Å². The van der Waals surface area contributed by atoms with E-state index in [2.05, 4.69) is 66.2 Å². The maximum Gasteiger partial charge on any atom is 0.255 e. The van der Waals surface area contributed by atoms with E-state index in [0.29, 0.717) is 5.56 Å². The molecule has 3 aromatic carbocycles. The average Bonchev–Trinajstić information content (AvgIpc) is 3.09. The first-order chi connectivity index (χ1) is 16.9. The van der Waals surface area contributed by atoms with Crippen molar-refractivity contribution in [1.29, 1.82) is 0 Å². The van der Waals surface area contributed by atoms with Crippen LogP contribution in [-0.2, 0) is 6.54 Å². The van der Waals surface area contributed by atoms with Gasteiger partial charge >= 0.3 is 0 Å². The van der Waals surface area contributed by atoms with E-state index in [1.54, 1.807) is 7.11 Å². The second kappa shape index (κ2) is 10.7. The Morgan fingerprint density at radius 1 is 0.943 bits per heavy atom. The number of ether oxygens (including phenoxy) is 1.